The Hall–Kier alpha value is -7.52. The van der Waals surface area contributed by atoms with Gasteiger partial charge in [-0.2, -0.15) is 11.8 Å². The Morgan fingerprint density at radius 1 is 0.623 bits per heavy atom. The van der Waals surface area contributed by atoms with Gasteiger partial charge in [-0.1, -0.05) is 52.0 Å². The van der Waals surface area contributed by atoms with Gasteiger partial charge in [-0.05, 0) is 91.3 Å². The van der Waals surface area contributed by atoms with Crippen molar-refractivity contribution in [3.8, 4) is 11.5 Å². The number of nitrogens with two attached hydrogens (primary N) is 2. The van der Waals surface area contributed by atoms with Crippen LogP contribution in [0.25, 0.3) is 0 Å². The molecule has 0 saturated carbocycles. The third-order valence-electron chi connectivity index (χ3n) is 12.4. The normalized spacial score (nSPS) is 16.3. The summed E-state index contributed by atoms with van der Waals surface area (Å²) in [6.07, 6.45) is -0.0164. The lowest BCUT2D eigenvalue weighted by molar-refractivity contribution is -0.144. The van der Waals surface area contributed by atoms with E-state index in [0.717, 1.165) is 0 Å². The van der Waals surface area contributed by atoms with Crippen molar-refractivity contribution in [1.82, 2.24) is 42.1 Å². The van der Waals surface area contributed by atoms with Crippen LogP contribution in [0.2, 0.25) is 0 Å². The van der Waals surface area contributed by atoms with Crippen LogP contribution in [0.4, 0.5) is 0 Å². The summed E-state index contributed by atoms with van der Waals surface area (Å²) in [5, 5.41) is 65.9. The molecule has 3 rings (SSSR count). The predicted molar refractivity (Wildman–Crippen MR) is 278 cm³/mol. The number of primary amides is 1. The third kappa shape index (κ3) is 20.5. The minimum absolute atomic E-state index is 0.000655. The van der Waals surface area contributed by atoms with Crippen LogP contribution in [0.15, 0.2) is 48.5 Å². The molecule has 0 spiro atoms. The molecule has 27 heteroatoms. The number of hydrogen-bond acceptors (Lipinski definition) is 16. The van der Waals surface area contributed by atoms with Crippen LogP contribution in [0.3, 0.4) is 0 Å². The van der Waals surface area contributed by atoms with Crippen LogP contribution in [-0.2, 0) is 65.6 Å². The van der Waals surface area contributed by atoms with Gasteiger partial charge in [0.25, 0.3) is 0 Å². The summed E-state index contributed by atoms with van der Waals surface area (Å²) >= 11 is 1.33. The Kier molecular flexibility index (Phi) is 25.6. The molecule has 9 amide bonds. The van der Waals surface area contributed by atoms with E-state index >= 15 is 0 Å². The van der Waals surface area contributed by atoms with Crippen molar-refractivity contribution in [3.05, 3.63) is 59.7 Å². The van der Waals surface area contributed by atoms with Crippen molar-refractivity contribution in [2.45, 2.75) is 133 Å². The number of benzene rings is 2. The number of aromatic hydroxyl groups is 2. The Morgan fingerprint density at radius 3 is 1.61 bits per heavy atom. The molecule has 0 aliphatic carbocycles. The summed E-state index contributed by atoms with van der Waals surface area (Å²) in [6.45, 7) is 5.26. The van der Waals surface area contributed by atoms with Crippen LogP contribution in [-0.4, -0.2) is 175 Å². The molecule has 1 fully saturated rings. The number of carboxylic acids is 2. The van der Waals surface area contributed by atoms with Gasteiger partial charge in [0.15, 0.2) is 0 Å². The maximum absolute atomic E-state index is 14.4. The molecular weight excluding hydrogens is 1030 g/mol. The molecule has 424 valence electrons. The summed E-state index contributed by atoms with van der Waals surface area (Å²) in [5.41, 5.74) is 12.6. The van der Waals surface area contributed by atoms with Crippen LogP contribution < -0.4 is 48.7 Å². The highest BCUT2D eigenvalue weighted by Gasteiger charge is 2.41. The predicted octanol–water partition coefficient (Wildman–Crippen LogP) is -2.52. The summed E-state index contributed by atoms with van der Waals surface area (Å²) < 4.78 is 0. The molecule has 1 heterocycles. The van der Waals surface area contributed by atoms with Gasteiger partial charge in [0.05, 0.1) is 19.1 Å². The van der Waals surface area contributed by atoms with E-state index in [0.29, 0.717) is 16.9 Å². The topological polar surface area (TPSA) is 428 Å². The first kappa shape index (κ1) is 63.8. The molecule has 0 aromatic heterocycles. The zero-order chi connectivity index (χ0) is 57.7. The fourth-order valence-electron chi connectivity index (χ4n) is 8.07. The second kappa shape index (κ2) is 30.9. The van der Waals surface area contributed by atoms with Gasteiger partial charge in [0.2, 0.25) is 53.2 Å². The van der Waals surface area contributed by atoms with Gasteiger partial charge in [-0.25, -0.2) is 4.79 Å². The lowest BCUT2D eigenvalue weighted by atomic mass is 10.00. The van der Waals surface area contributed by atoms with E-state index in [4.69, 9.17) is 11.5 Å². The fraction of sp³-hybridized carbons (Fsp3) is 0.540. The van der Waals surface area contributed by atoms with E-state index in [1.165, 1.54) is 66.9 Å². The number of nitrogens with zero attached hydrogens (tertiary/aromatic N) is 1. The molecule has 9 atom stereocenters. The number of carbonyl (C=O) groups excluding carboxylic acids is 9. The minimum atomic E-state index is -1.85. The molecule has 77 heavy (non-hydrogen) atoms. The SMILES string of the molecule is CSCC[C@H](NC(=O)[C@@H](N)Cc1ccc(O)cc1)C(=O)N[C@@H](CC(=O)O)C(=O)N[C@@H](CCC(N)=O)C(=O)N[C@H](C(=O)N1CCC[C@H]1C(=O)N[C@@H](Cc1ccc(O)cc1)C(=O)N[C@@H](CO)C(=O)N[C@H](C(=O)O)C(C)C)C(C)C. The highest BCUT2D eigenvalue weighted by Crippen LogP contribution is 2.22. The Labute approximate surface area is 449 Å². The third-order valence-corrected chi connectivity index (χ3v) is 13.1. The largest absolute Gasteiger partial charge is 0.508 e. The molecule has 1 aliphatic heterocycles. The van der Waals surface area contributed by atoms with Gasteiger partial charge < -0.3 is 79.1 Å². The number of phenols is 2. The molecular formula is C50H72N10O16S. The van der Waals surface area contributed by atoms with Crippen molar-refractivity contribution in [1.29, 1.82) is 0 Å². The first-order valence-corrected chi connectivity index (χ1v) is 26.2. The molecule has 1 saturated heterocycles. The van der Waals surface area contributed by atoms with Gasteiger partial charge in [-0.3, -0.25) is 47.9 Å². The van der Waals surface area contributed by atoms with Crippen LogP contribution in [0, 0.1) is 11.8 Å². The van der Waals surface area contributed by atoms with Gasteiger partial charge in [0.1, 0.15) is 59.8 Å². The number of carboxylic acid groups (broad SMARTS) is 2. The molecule has 2 aromatic carbocycles. The van der Waals surface area contributed by atoms with Crippen molar-refractivity contribution in [3.63, 3.8) is 0 Å². The van der Waals surface area contributed by atoms with Gasteiger partial charge >= 0.3 is 11.9 Å². The smallest absolute Gasteiger partial charge is 0.326 e. The number of aliphatic hydroxyl groups excluding tert-OH is 1. The van der Waals surface area contributed by atoms with E-state index in [1.54, 1.807) is 32.2 Å². The number of hydrogen-bond donors (Lipinski definition) is 14. The number of amides is 9. The molecule has 0 radical (unpaired) electrons. The molecule has 2 aromatic rings. The Balaban J connectivity index is 1.84. The van der Waals surface area contributed by atoms with E-state index in [-0.39, 0.29) is 50.1 Å². The fourth-order valence-corrected chi connectivity index (χ4v) is 8.55. The maximum atomic E-state index is 14.4. The molecule has 16 N–H and O–H groups in total. The molecule has 26 nitrogen and oxygen atoms in total. The zero-order valence-electron chi connectivity index (χ0n) is 43.5. The first-order valence-electron chi connectivity index (χ1n) is 24.8. The Morgan fingerprint density at radius 2 is 1.09 bits per heavy atom. The molecule has 0 bridgehead atoms. The van der Waals surface area contributed by atoms with E-state index < -0.39 is 157 Å². The number of nitrogens with one attached hydrogen (secondary N) is 7. The van der Waals surface area contributed by atoms with E-state index in [1.807, 2.05) is 0 Å². The average Bonchev–Trinajstić information content (AvgIpc) is 3.87. The lowest BCUT2D eigenvalue weighted by Gasteiger charge is -2.32. The number of carbonyl (C=O) groups is 11. The maximum Gasteiger partial charge on any atom is 0.326 e. The Bertz CT molecular complexity index is 2410. The minimum Gasteiger partial charge on any atom is -0.508 e. The van der Waals surface area contributed by atoms with Crippen molar-refractivity contribution in [2.75, 3.05) is 25.2 Å². The second-order valence-corrected chi connectivity index (χ2v) is 20.2. The average molecular weight is 1100 g/mol. The van der Waals surface area contributed by atoms with E-state index in [2.05, 4.69) is 37.2 Å². The molecule has 1 aliphatic rings. The quantitative estimate of drug-likeness (QED) is 0.0370. The summed E-state index contributed by atoms with van der Waals surface area (Å²) in [4.78, 5) is 147. The molecule has 0 unspecified atom stereocenters. The summed E-state index contributed by atoms with van der Waals surface area (Å²) in [7, 11) is 0. The van der Waals surface area contributed by atoms with Crippen molar-refractivity contribution >= 4 is 76.9 Å². The van der Waals surface area contributed by atoms with Crippen LogP contribution in [0.1, 0.15) is 77.3 Å². The number of phenolic OH excluding ortho intramolecular Hbond substituents is 2. The summed E-state index contributed by atoms with van der Waals surface area (Å²) in [5.74, 6) is -12.3. The number of thioether (sulfide) groups is 1. The summed E-state index contributed by atoms with van der Waals surface area (Å²) in [6, 6.07) is -1.59. The lowest BCUT2D eigenvalue weighted by Crippen LogP contribution is -2.61. The number of aliphatic hydroxyl groups is 1. The standard InChI is InChI=1S/C50H72N10O16S/c1-25(2)40(49(74)60-19-6-7-37(60)48(73)56-34(22-28-10-14-30(63)15-11-28)45(70)57-36(24-61)47(72)59-41(26(3)4)50(75)76)58-44(69)32(16-17-38(52)64)54-46(71)35(23-39(65)66)55-43(68)33(18-20-77-5)53-42(67)31(51)21-27-8-12-29(62)13-9-27/h8-15,25-26,31-37,40-41,61-63H,6-7,16-24,51H2,1-5H3,(H2,52,64)(H,53,67)(H,54,71)(H,55,68)(H,56,73)(H,57,70)(H,58,69)(H,59,72)(H,65,66)(H,75,76)/t31-,32-,33-,34-,35-,36-,37-,40-,41-/m0/s1. The van der Waals surface area contributed by atoms with E-state index in [9.17, 15) is 78.3 Å². The van der Waals surface area contributed by atoms with Crippen molar-refractivity contribution < 1.29 is 78.3 Å². The van der Waals surface area contributed by atoms with Crippen LogP contribution >= 0.6 is 11.8 Å². The zero-order valence-corrected chi connectivity index (χ0v) is 44.3. The number of rotatable bonds is 31. The van der Waals surface area contributed by atoms with Crippen molar-refractivity contribution in [2.24, 2.45) is 23.3 Å². The second-order valence-electron chi connectivity index (χ2n) is 19.2. The highest BCUT2D eigenvalue weighted by atomic mass is 32.2. The van der Waals surface area contributed by atoms with Gasteiger partial charge in [-0.15, -0.1) is 0 Å². The first-order chi connectivity index (χ1) is 36.3. The highest BCUT2D eigenvalue weighted by molar-refractivity contribution is 7.98. The number of aliphatic carboxylic acids is 2. The number of likely N-dealkylation sites (tertiary alicyclic amines) is 1. The van der Waals surface area contributed by atoms with Gasteiger partial charge in [0, 0.05) is 19.4 Å². The monoisotopic (exact) mass is 1100 g/mol. The van der Waals surface area contributed by atoms with Crippen LogP contribution in [0.5, 0.6) is 11.5 Å².